The molecule has 2 aliphatic heterocycles. The third kappa shape index (κ3) is 2.47. The van der Waals surface area contributed by atoms with E-state index in [1.807, 2.05) is 12.1 Å². The van der Waals surface area contributed by atoms with E-state index in [9.17, 15) is 4.79 Å². The monoisotopic (exact) mass is 300 g/mol. The summed E-state index contributed by atoms with van der Waals surface area (Å²) in [5, 5.41) is 6.69. The van der Waals surface area contributed by atoms with E-state index in [1.54, 1.807) is 6.20 Å². The van der Waals surface area contributed by atoms with Crippen molar-refractivity contribution in [3.05, 3.63) is 23.9 Å². The summed E-state index contributed by atoms with van der Waals surface area (Å²) in [6, 6.07) is 4.40. The highest BCUT2D eigenvalue weighted by atomic mass is 16.2. The average molecular weight is 300 g/mol. The van der Waals surface area contributed by atoms with Crippen LogP contribution in [-0.2, 0) is 0 Å². The molecule has 3 heterocycles. The topological polar surface area (TPSA) is 57.3 Å². The molecular weight excluding hydrogens is 276 g/mol. The van der Waals surface area contributed by atoms with Gasteiger partial charge in [0.2, 0.25) is 0 Å². The van der Waals surface area contributed by atoms with E-state index in [4.69, 9.17) is 0 Å². The minimum Gasteiger partial charge on any atom is -0.347 e. The van der Waals surface area contributed by atoms with Gasteiger partial charge in [-0.3, -0.25) is 4.79 Å². The van der Waals surface area contributed by atoms with Crippen LogP contribution in [0, 0.1) is 0 Å². The second-order valence-electron chi connectivity index (χ2n) is 6.89. The molecule has 5 heteroatoms. The van der Waals surface area contributed by atoms with Gasteiger partial charge in [0.25, 0.3) is 5.91 Å². The third-order valence-corrected chi connectivity index (χ3v) is 5.51. The maximum Gasteiger partial charge on any atom is 0.256 e. The molecule has 2 fully saturated rings. The van der Waals surface area contributed by atoms with Crippen LogP contribution < -0.4 is 10.6 Å². The number of rotatable bonds is 1. The smallest absolute Gasteiger partial charge is 0.256 e. The lowest BCUT2D eigenvalue weighted by Crippen LogP contribution is -2.63. The number of nitrogens with one attached hydrogen (secondary N) is 2. The second-order valence-corrected chi connectivity index (χ2v) is 6.89. The normalized spacial score (nSPS) is 25.4. The number of piperidine rings is 1. The number of aromatic nitrogens is 1. The molecule has 0 atom stereocenters. The van der Waals surface area contributed by atoms with Gasteiger partial charge in [0.05, 0.1) is 5.56 Å². The molecule has 22 heavy (non-hydrogen) atoms. The maximum atomic E-state index is 12.3. The predicted molar refractivity (Wildman–Crippen MR) is 85.7 cm³/mol. The first kappa shape index (κ1) is 14.0. The summed E-state index contributed by atoms with van der Waals surface area (Å²) in [6.07, 6.45) is 10.5. The highest BCUT2D eigenvalue weighted by molar-refractivity contribution is 6.01. The number of carbonyl (C=O) groups excluding carboxylic acids is 1. The van der Waals surface area contributed by atoms with Crippen molar-refractivity contribution in [2.24, 2.45) is 0 Å². The molecule has 1 aromatic rings. The SMILES string of the molecule is O=C1NC2(CCN(C3CCCCC3)CC2)Nc2ncccc21. The summed E-state index contributed by atoms with van der Waals surface area (Å²) in [6.45, 7) is 2.11. The summed E-state index contributed by atoms with van der Waals surface area (Å²) in [5.74, 6) is 0.741. The largest absolute Gasteiger partial charge is 0.347 e. The van der Waals surface area contributed by atoms with Crippen molar-refractivity contribution in [1.29, 1.82) is 0 Å². The minimum absolute atomic E-state index is 0.00738. The van der Waals surface area contributed by atoms with Gasteiger partial charge in [0.1, 0.15) is 11.5 Å². The molecule has 5 nitrogen and oxygen atoms in total. The molecule has 1 aliphatic carbocycles. The van der Waals surface area contributed by atoms with E-state index in [0.29, 0.717) is 5.56 Å². The lowest BCUT2D eigenvalue weighted by atomic mass is 9.89. The molecule has 2 N–H and O–H groups in total. The molecule has 1 aromatic heterocycles. The predicted octanol–water partition coefficient (Wildman–Crippen LogP) is 2.36. The van der Waals surface area contributed by atoms with Crippen LogP contribution in [0.4, 0.5) is 5.82 Å². The molecule has 1 amide bonds. The molecule has 4 rings (SSSR count). The van der Waals surface area contributed by atoms with Gasteiger partial charge in [-0.25, -0.2) is 4.98 Å². The summed E-state index contributed by atoms with van der Waals surface area (Å²) in [5.41, 5.74) is 0.353. The Morgan fingerprint density at radius 2 is 1.91 bits per heavy atom. The molecule has 0 radical (unpaired) electrons. The molecule has 3 aliphatic rings. The van der Waals surface area contributed by atoms with Crippen molar-refractivity contribution in [2.45, 2.75) is 56.7 Å². The Morgan fingerprint density at radius 3 is 2.68 bits per heavy atom. The van der Waals surface area contributed by atoms with Crippen molar-refractivity contribution in [2.75, 3.05) is 18.4 Å². The highest BCUT2D eigenvalue weighted by Crippen LogP contribution is 2.32. The van der Waals surface area contributed by atoms with Crippen LogP contribution in [0.1, 0.15) is 55.3 Å². The number of anilines is 1. The van der Waals surface area contributed by atoms with Crippen LogP contribution in [0.2, 0.25) is 0 Å². The van der Waals surface area contributed by atoms with Crippen LogP contribution in [0.3, 0.4) is 0 Å². The number of hydrogen-bond donors (Lipinski definition) is 2. The number of pyridine rings is 1. The zero-order valence-electron chi connectivity index (χ0n) is 13.0. The van der Waals surface area contributed by atoms with Crippen molar-refractivity contribution < 1.29 is 4.79 Å². The van der Waals surface area contributed by atoms with Crippen molar-refractivity contribution in [3.8, 4) is 0 Å². The zero-order chi connectivity index (χ0) is 15.0. The van der Waals surface area contributed by atoms with E-state index in [-0.39, 0.29) is 11.6 Å². The lowest BCUT2D eigenvalue weighted by Gasteiger charge is -2.47. The molecule has 1 saturated heterocycles. The van der Waals surface area contributed by atoms with E-state index in [0.717, 1.165) is 37.8 Å². The standard InChI is InChI=1S/C17H24N4O/c22-16-14-7-4-10-18-15(14)19-17(20-16)8-11-21(12-9-17)13-5-2-1-3-6-13/h4,7,10,13H,1-3,5-6,8-9,11-12H2,(H,18,19)(H,20,22). The molecule has 1 spiro atoms. The molecule has 0 aromatic carbocycles. The van der Waals surface area contributed by atoms with Gasteiger partial charge in [0, 0.05) is 38.2 Å². The van der Waals surface area contributed by atoms with Gasteiger partial charge in [0.15, 0.2) is 0 Å². The Bertz CT molecular complexity index is 560. The molecule has 0 bridgehead atoms. The Labute approximate surface area is 131 Å². The Kier molecular flexibility index (Phi) is 3.53. The summed E-state index contributed by atoms with van der Waals surface area (Å²) < 4.78 is 0. The van der Waals surface area contributed by atoms with Crippen LogP contribution in [0.15, 0.2) is 18.3 Å². The van der Waals surface area contributed by atoms with Gasteiger partial charge in [-0.15, -0.1) is 0 Å². The van der Waals surface area contributed by atoms with E-state index in [2.05, 4.69) is 20.5 Å². The first-order chi connectivity index (χ1) is 10.8. The van der Waals surface area contributed by atoms with Gasteiger partial charge < -0.3 is 15.5 Å². The van der Waals surface area contributed by atoms with E-state index >= 15 is 0 Å². The number of fused-ring (bicyclic) bond motifs is 1. The Morgan fingerprint density at radius 1 is 1.14 bits per heavy atom. The Hall–Kier alpha value is -1.62. The fraction of sp³-hybridized carbons (Fsp3) is 0.647. The van der Waals surface area contributed by atoms with Gasteiger partial charge in [-0.2, -0.15) is 0 Å². The van der Waals surface area contributed by atoms with Crippen LogP contribution in [-0.4, -0.2) is 40.6 Å². The highest BCUT2D eigenvalue weighted by Gasteiger charge is 2.41. The number of carbonyl (C=O) groups is 1. The maximum absolute atomic E-state index is 12.3. The molecule has 1 saturated carbocycles. The molecule has 118 valence electrons. The van der Waals surface area contributed by atoms with Gasteiger partial charge in [-0.05, 0) is 25.0 Å². The van der Waals surface area contributed by atoms with Crippen molar-refractivity contribution in [3.63, 3.8) is 0 Å². The number of hydrogen-bond acceptors (Lipinski definition) is 4. The Balaban J connectivity index is 1.46. The average Bonchev–Trinajstić information content (AvgIpc) is 2.56. The molecule has 0 unspecified atom stereocenters. The van der Waals surface area contributed by atoms with E-state index in [1.165, 1.54) is 32.1 Å². The summed E-state index contributed by atoms with van der Waals surface area (Å²) in [7, 11) is 0. The summed E-state index contributed by atoms with van der Waals surface area (Å²) >= 11 is 0. The first-order valence-corrected chi connectivity index (χ1v) is 8.56. The summed E-state index contributed by atoms with van der Waals surface area (Å²) in [4.78, 5) is 19.3. The second kappa shape index (κ2) is 5.54. The molecular formula is C17H24N4O. The minimum atomic E-state index is -0.302. The van der Waals surface area contributed by atoms with Crippen LogP contribution in [0.5, 0.6) is 0 Å². The lowest BCUT2D eigenvalue weighted by molar-refractivity contribution is 0.0711. The van der Waals surface area contributed by atoms with Crippen molar-refractivity contribution in [1.82, 2.24) is 15.2 Å². The van der Waals surface area contributed by atoms with Crippen molar-refractivity contribution >= 4 is 11.7 Å². The van der Waals surface area contributed by atoms with Crippen LogP contribution in [0.25, 0.3) is 0 Å². The van der Waals surface area contributed by atoms with E-state index < -0.39 is 0 Å². The van der Waals surface area contributed by atoms with Crippen LogP contribution >= 0.6 is 0 Å². The number of nitrogens with zero attached hydrogens (tertiary/aromatic N) is 2. The van der Waals surface area contributed by atoms with Gasteiger partial charge in [-0.1, -0.05) is 19.3 Å². The quantitative estimate of drug-likeness (QED) is 0.836. The third-order valence-electron chi connectivity index (χ3n) is 5.51. The first-order valence-electron chi connectivity index (χ1n) is 8.56. The van der Waals surface area contributed by atoms with Gasteiger partial charge >= 0.3 is 0 Å². The zero-order valence-corrected chi connectivity index (χ0v) is 13.0. The number of likely N-dealkylation sites (tertiary alicyclic amines) is 1. The number of amides is 1. The fourth-order valence-electron chi connectivity index (χ4n) is 4.20. The fourth-order valence-corrected chi connectivity index (χ4v) is 4.20.